The fraction of sp³-hybridized carbons (Fsp3) is 0.619. The van der Waals surface area contributed by atoms with Crippen molar-refractivity contribution < 1.29 is 9.84 Å². The Kier molecular flexibility index (Phi) is 4.08. The molecule has 1 fully saturated rings. The molecule has 1 N–H and O–H groups in total. The molecule has 0 saturated heterocycles. The van der Waals surface area contributed by atoms with Crippen molar-refractivity contribution in [2.24, 2.45) is 11.3 Å². The Bertz CT molecular complexity index is 631. The van der Waals surface area contributed by atoms with Crippen LogP contribution in [0.15, 0.2) is 18.2 Å². The van der Waals surface area contributed by atoms with Crippen molar-refractivity contribution in [1.82, 2.24) is 0 Å². The summed E-state index contributed by atoms with van der Waals surface area (Å²) in [5.41, 5.74) is 4.06. The van der Waals surface area contributed by atoms with Crippen LogP contribution >= 0.6 is 0 Å². The Morgan fingerprint density at radius 1 is 1.26 bits per heavy atom. The Balaban J connectivity index is 2.16. The number of fused-ring (bicyclic) bond motifs is 3. The van der Waals surface area contributed by atoms with Gasteiger partial charge >= 0.3 is 0 Å². The summed E-state index contributed by atoms with van der Waals surface area (Å²) < 4.78 is 5.70. The molecule has 0 radical (unpaired) electrons. The molecule has 2 aliphatic rings. The molecule has 3 rings (SSSR count). The first kappa shape index (κ1) is 16.6. The Labute approximate surface area is 140 Å². The number of aliphatic hydroxyl groups excluding tert-OH is 1. The highest BCUT2D eigenvalue weighted by Gasteiger charge is 2.50. The predicted molar refractivity (Wildman–Crippen MR) is 96.0 cm³/mol. The summed E-state index contributed by atoms with van der Waals surface area (Å²) in [5.74, 6) is 1.84. The van der Waals surface area contributed by atoms with E-state index in [0.717, 1.165) is 12.2 Å². The lowest BCUT2D eigenvalue weighted by atomic mass is 9.52. The molecule has 0 amide bonds. The molecule has 2 heteroatoms. The Hall–Kier alpha value is -1.28. The molecule has 0 aromatic heterocycles. The first-order valence-electron chi connectivity index (χ1n) is 8.87. The molecule has 1 aromatic carbocycles. The first-order valence-corrected chi connectivity index (χ1v) is 8.87. The van der Waals surface area contributed by atoms with Gasteiger partial charge in [-0.1, -0.05) is 46.3 Å². The van der Waals surface area contributed by atoms with Crippen LogP contribution in [-0.2, 0) is 5.41 Å². The SMILES string of the molecule is COc1cc2c(cc1C(C)C)C=CC1[C@@](C)(CO)CCC[C@]21C. The van der Waals surface area contributed by atoms with Crippen LogP contribution in [0.25, 0.3) is 6.08 Å². The van der Waals surface area contributed by atoms with E-state index in [1.807, 2.05) is 0 Å². The lowest BCUT2D eigenvalue weighted by molar-refractivity contribution is 0.0170. The molecule has 1 unspecified atom stereocenters. The highest BCUT2D eigenvalue weighted by Crippen LogP contribution is 2.56. The molecule has 1 aromatic rings. The number of methoxy groups -OCH3 is 1. The molecule has 23 heavy (non-hydrogen) atoms. The monoisotopic (exact) mass is 314 g/mol. The number of hydrogen-bond donors (Lipinski definition) is 1. The fourth-order valence-corrected chi connectivity index (χ4v) is 4.94. The van der Waals surface area contributed by atoms with E-state index in [1.54, 1.807) is 7.11 Å². The normalized spacial score (nSPS) is 32.6. The summed E-state index contributed by atoms with van der Waals surface area (Å²) in [7, 11) is 1.77. The van der Waals surface area contributed by atoms with Gasteiger partial charge in [0.05, 0.1) is 7.11 Å². The predicted octanol–water partition coefficient (Wildman–Crippen LogP) is 4.90. The van der Waals surface area contributed by atoms with Gasteiger partial charge in [-0.2, -0.15) is 0 Å². The number of allylic oxidation sites excluding steroid dienone is 1. The number of benzene rings is 1. The van der Waals surface area contributed by atoms with Crippen molar-refractivity contribution in [3.63, 3.8) is 0 Å². The van der Waals surface area contributed by atoms with Gasteiger partial charge in [-0.15, -0.1) is 0 Å². The summed E-state index contributed by atoms with van der Waals surface area (Å²) in [6.07, 6.45) is 8.08. The maximum Gasteiger partial charge on any atom is 0.122 e. The van der Waals surface area contributed by atoms with Gasteiger partial charge in [0, 0.05) is 12.0 Å². The van der Waals surface area contributed by atoms with Gasteiger partial charge in [-0.05, 0) is 58.9 Å². The summed E-state index contributed by atoms with van der Waals surface area (Å²) in [6, 6.07) is 4.58. The third-order valence-corrected chi connectivity index (χ3v) is 6.35. The van der Waals surface area contributed by atoms with E-state index >= 15 is 0 Å². The smallest absolute Gasteiger partial charge is 0.122 e. The first-order chi connectivity index (χ1) is 10.9. The molecule has 1 saturated carbocycles. The van der Waals surface area contributed by atoms with Crippen molar-refractivity contribution >= 4 is 6.08 Å². The lowest BCUT2D eigenvalue weighted by Gasteiger charge is -2.53. The molecule has 2 nitrogen and oxygen atoms in total. The zero-order chi connectivity index (χ0) is 16.8. The Morgan fingerprint density at radius 3 is 2.61 bits per heavy atom. The van der Waals surface area contributed by atoms with E-state index in [9.17, 15) is 5.11 Å². The molecular formula is C21H30O2. The lowest BCUT2D eigenvalue weighted by Crippen LogP contribution is -2.48. The average Bonchev–Trinajstić information content (AvgIpc) is 2.53. The highest BCUT2D eigenvalue weighted by atomic mass is 16.5. The second-order valence-corrected chi connectivity index (χ2v) is 8.26. The fourth-order valence-electron chi connectivity index (χ4n) is 4.94. The third-order valence-electron chi connectivity index (χ3n) is 6.35. The largest absolute Gasteiger partial charge is 0.496 e. The summed E-state index contributed by atoms with van der Waals surface area (Å²) in [6.45, 7) is 9.30. The van der Waals surface area contributed by atoms with E-state index < -0.39 is 0 Å². The van der Waals surface area contributed by atoms with Crippen LogP contribution in [0.5, 0.6) is 5.75 Å². The molecule has 0 spiro atoms. The van der Waals surface area contributed by atoms with Gasteiger partial charge in [0.1, 0.15) is 5.75 Å². The van der Waals surface area contributed by atoms with Crippen molar-refractivity contribution in [3.05, 3.63) is 34.9 Å². The zero-order valence-corrected chi connectivity index (χ0v) is 15.1. The zero-order valence-electron chi connectivity index (χ0n) is 15.1. The van der Waals surface area contributed by atoms with E-state index in [0.29, 0.717) is 11.8 Å². The average molecular weight is 314 g/mol. The van der Waals surface area contributed by atoms with E-state index in [4.69, 9.17) is 4.74 Å². The molecule has 3 atom stereocenters. The van der Waals surface area contributed by atoms with Crippen LogP contribution in [0.4, 0.5) is 0 Å². The number of ether oxygens (including phenoxy) is 1. The van der Waals surface area contributed by atoms with Gasteiger partial charge in [0.2, 0.25) is 0 Å². The van der Waals surface area contributed by atoms with Crippen molar-refractivity contribution in [3.8, 4) is 5.75 Å². The minimum Gasteiger partial charge on any atom is -0.496 e. The van der Waals surface area contributed by atoms with Crippen molar-refractivity contribution in [1.29, 1.82) is 0 Å². The van der Waals surface area contributed by atoms with Crippen LogP contribution < -0.4 is 4.74 Å². The number of rotatable bonds is 3. The minimum atomic E-state index is -0.0227. The molecule has 126 valence electrons. The van der Waals surface area contributed by atoms with Crippen LogP contribution in [-0.4, -0.2) is 18.8 Å². The van der Waals surface area contributed by atoms with Crippen molar-refractivity contribution in [2.45, 2.75) is 58.3 Å². The third kappa shape index (κ3) is 2.42. The minimum absolute atomic E-state index is 0.0227. The van der Waals surface area contributed by atoms with E-state index in [1.165, 1.54) is 29.5 Å². The quantitative estimate of drug-likeness (QED) is 0.859. The second kappa shape index (κ2) is 5.66. The second-order valence-electron chi connectivity index (χ2n) is 8.26. The number of aliphatic hydroxyl groups is 1. The maximum absolute atomic E-state index is 10.0. The van der Waals surface area contributed by atoms with Gasteiger partial charge in [0.15, 0.2) is 0 Å². The van der Waals surface area contributed by atoms with Gasteiger partial charge in [-0.25, -0.2) is 0 Å². The Morgan fingerprint density at radius 2 is 2.00 bits per heavy atom. The van der Waals surface area contributed by atoms with Crippen LogP contribution in [0.2, 0.25) is 0 Å². The van der Waals surface area contributed by atoms with E-state index in [-0.39, 0.29) is 17.4 Å². The molecular weight excluding hydrogens is 284 g/mol. The molecule has 0 heterocycles. The summed E-state index contributed by atoms with van der Waals surface area (Å²) in [5, 5.41) is 10.0. The van der Waals surface area contributed by atoms with Crippen molar-refractivity contribution in [2.75, 3.05) is 13.7 Å². The summed E-state index contributed by atoms with van der Waals surface area (Å²) >= 11 is 0. The highest BCUT2D eigenvalue weighted by molar-refractivity contribution is 5.64. The number of hydrogen-bond acceptors (Lipinski definition) is 2. The van der Waals surface area contributed by atoms with Crippen LogP contribution in [0.1, 0.15) is 69.6 Å². The van der Waals surface area contributed by atoms with Gasteiger partial charge < -0.3 is 9.84 Å². The molecule has 0 aliphatic heterocycles. The standard InChI is InChI=1S/C21H30O2/c1-14(2)16-11-15-7-8-19-20(3,13-22)9-6-10-21(19,4)17(15)12-18(16)23-5/h7-8,11-12,14,19,22H,6,9-10,13H2,1-5H3/t19?,20-,21-/m1/s1. The van der Waals surface area contributed by atoms with Crippen LogP contribution in [0, 0.1) is 11.3 Å². The summed E-state index contributed by atoms with van der Waals surface area (Å²) in [4.78, 5) is 0. The maximum atomic E-state index is 10.0. The van der Waals surface area contributed by atoms with Gasteiger partial charge in [-0.3, -0.25) is 0 Å². The van der Waals surface area contributed by atoms with E-state index in [2.05, 4.69) is 52.0 Å². The molecule has 2 aliphatic carbocycles. The van der Waals surface area contributed by atoms with Crippen LogP contribution in [0.3, 0.4) is 0 Å². The topological polar surface area (TPSA) is 29.5 Å². The molecule has 0 bridgehead atoms. The van der Waals surface area contributed by atoms with Gasteiger partial charge in [0.25, 0.3) is 0 Å².